The van der Waals surface area contributed by atoms with Crippen LogP contribution in [0.4, 0.5) is 0 Å². The minimum atomic E-state index is -0.0100. The molecule has 0 N–H and O–H groups in total. The van der Waals surface area contributed by atoms with Gasteiger partial charge in [-0.3, -0.25) is 14.5 Å². The van der Waals surface area contributed by atoms with E-state index in [-0.39, 0.29) is 17.2 Å². The molecule has 0 aromatic rings. The van der Waals surface area contributed by atoms with Gasteiger partial charge < -0.3 is 4.90 Å². The highest BCUT2D eigenvalue weighted by molar-refractivity contribution is 5.98. The third-order valence-corrected chi connectivity index (χ3v) is 4.83. The van der Waals surface area contributed by atoms with Crippen LogP contribution in [-0.4, -0.2) is 48.8 Å². The lowest BCUT2D eigenvalue weighted by molar-refractivity contribution is -0.155. The maximum atomic E-state index is 12.4. The average Bonchev–Trinajstić information content (AvgIpc) is 2.32. The molecule has 1 saturated carbocycles. The summed E-state index contributed by atoms with van der Waals surface area (Å²) in [7, 11) is 4.02. The van der Waals surface area contributed by atoms with E-state index in [0.717, 1.165) is 25.8 Å². The van der Waals surface area contributed by atoms with Crippen LogP contribution in [0.1, 0.15) is 51.9 Å². The third kappa shape index (κ3) is 3.60. The van der Waals surface area contributed by atoms with E-state index in [1.54, 1.807) is 0 Å². The van der Waals surface area contributed by atoms with Gasteiger partial charge in [-0.05, 0) is 51.2 Å². The van der Waals surface area contributed by atoms with Crippen molar-refractivity contribution in [2.24, 2.45) is 11.3 Å². The maximum absolute atomic E-state index is 12.4. The molecule has 2 fully saturated rings. The number of amides is 2. The van der Waals surface area contributed by atoms with Crippen LogP contribution in [0.2, 0.25) is 0 Å². The Balaban J connectivity index is 1.94. The number of nitrogens with zero attached hydrogens (tertiary/aromatic N) is 2. The summed E-state index contributed by atoms with van der Waals surface area (Å²) in [6.07, 6.45) is 6.57. The lowest BCUT2D eigenvalue weighted by Crippen LogP contribution is -2.49. The maximum Gasteiger partial charge on any atom is 0.229 e. The molecule has 0 bridgehead atoms. The Morgan fingerprint density at radius 2 is 1.90 bits per heavy atom. The van der Waals surface area contributed by atoms with Crippen molar-refractivity contribution in [2.75, 3.05) is 27.2 Å². The second-order valence-electron chi connectivity index (χ2n) is 7.15. The number of piperidine rings is 1. The summed E-state index contributed by atoms with van der Waals surface area (Å²) in [6, 6.07) is 0. The predicted octanol–water partition coefficient (Wildman–Crippen LogP) is 2.28. The van der Waals surface area contributed by atoms with Crippen molar-refractivity contribution in [1.82, 2.24) is 9.80 Å². The highest BCUT2D eigenvalue weighted by Crippen LogP contribution is 2.47. The summed E-state index contributed by atoms with van der Waals surface area (Å²) in [5.74, 6) is 0.785. The Hall–Kier alpha value is -0.900. The van der Waals surface area contributed by atoms with Crippen LogP contribution in [-0.2, 0) is 9.59 Å². The quantitative estimate of drug-likeness (QED) is 0.742. The van der Waals surface area contributed by atoms with Gasteiger partial charge in [0.25, 0.3) is 0 Å². The fraction of sp³-hybridized carbons (Fsp3) is 0.875. The summed E-state index contributed by atoms with van der Waals surface area (Å²) in [4.78, 5) is 28.3. The molecule has 0 radical (unpaired) electrons. The topological polar surface area (TPSA) is 40.6 Å². The second-order valence-corrected chi connectivity index (χ2v) is 7.15. The zero-order valence-corrected chi connectivity index (χ0v) is 13.2. The van der Waals surface area contributed by atoms with Gasteiger partial charge >= 0.3 is 0 Å². The monoisotopic (exact) mass is 280 g/mol. The van der Waals surface area contributed by atoms with Crippen LogP contribution in [0.25, 0.3) is 0 Å². The average molecular weight is 280 g/mol. The highest BCUT2D eigenvalue weighted by Gasteiger charge is 2.45. The molecule has 0 unspecified atom stereocenters. The lowest BCUT2D eigenvalue weighted by Gasteiger charge is -2.44. The van der Waals surface area contributed by atoms with Crippen molar-refractivity contribution in [3.05, 3.63) is 0 Å². The van der Waals surface area contributed by atoms with Gasteiger partial charge in [-0.25, -0.2) is 0 Å². The molecule has 1 spiro atoms. The first-order valence-electron chi connectivity index (χ1n) is 7.90. The van der Waals surface area contributed by atoms with Gasteiger partial charge in [-0.15, -0.1) is 0 Å². The molecule has 1 aliphatic carbocycles. The van der Waals surface area contributed by atoms with E-state index in [1.807, 2.05) is 14.1 Å². The van der Waals surface area contributed by atoms with Crippen LogP contribution in [0.3, 0.4) is 0 Å². The van der Waals surface area contributed by atoms with E-state index in [1.165, 1.54) is 17.7 Å². The molecular formula is C16H28N2O2. The zero-order chi connectivity index (χ0) is 14.8. The molecule has 1 aliphatic heterocycles. The zero-order valence-electron chi connectivity index (χ0n) is 13.2. The van der Waals surface area contributed by atoms with Crippen molar-refractivity contribution in [3.63, 3.8) is 0 Å². The summed E-state index contributed by atoms with van der Waals surface area (Å²) >= 11 is 0. The van der Waals surface area contributed by atoms with E-state index in [9.17, 15) is 9.59 Å². The number of carbonyl (C=O) groups is 2. The number of hydrogen-bond donors (Lipinski definition) is 0. The smallest absolute Gasteiger partial charge is 0.229 e. The van der Waals surface area contributed by atoms with E-state index in [0.29, 0.717) is 25.3 Å². The van der Waals surface area contributed by atoms with Crippen LogP contribution >= 0.6 is 0 Å². The number of hydrogen-bond acceptors (Lipinski definition) is 3. The highest BCUT2D eigenvalue weighted by atomic mass is 16.2. The van der Waals surface area contributed by atoms with Crippen LogP contribution < -0.4 is 0 Å². The molecule has 1 atom stereocenters. The van der Waals surface area contributed by atoms with Crippen LogP contribution in [0, 0.1) is 11.3 Å². The van der Waals surface area contributed by atoms with Gasteiger partial charge in [0.05, 0.1) is 0 Å². The molecule has 4 heteroatoms. The van der Waals surface area contributed by atoms with Crippen molar-refractivity contribution < 1.29 is 9.59 Å². The molecular weight excluding hydrogens is 252 g/mol. The molecule has 1 heterocycles. The number of carbonyl (C=O) groups excluding carboxylic acids is 2. The van der Waals surface area contributed by atoms with Crippen molar-refractivity contribution in [1.29, 1.82) is 0 Å². The molecule has 2 rings (SSSR count). The summed E-state index contributed by atoms with van der Waals surface area (Å²) < 4.78 is 0. The summed E-state index contributed by atoms with van der Waals surface area (Å²) in [5, 5.41) is 0. The Kier molecular flexibility index (Phi) is 4.84. The molecule has 0 aromatic carbocycles. The van der Waals surface area contributed by atoms with Gasteiger partial charge in [-0.2, -0.15) is 0 Å². The molecule has 20 heavy (non-hydrogen) atoms. The van der Waals surface area contributed by atoms with Crippen molar-refractivity contribution >= 4 is 11.8 Å². The first-order valence-corrected chi connectivity index (χ1v) is 7.90. The summed E-state index contributed by atoms with van der Waals surface area (Å²) in [5.41, 5.74) is -0.0100. The third-order valence-electron chi connectivity index (χ3n) is 4.83. The van der Waals surface area contributed by atoms with Crippen LogP contribution in [0.5, 0.6) is 0 Å². The molecule has 1 saturated heterocycles. The van der Waals surface area contributed by atoms with Gasteiger partial charge in [0.1, 0.15) is 0 Å². The second kappa shape index (κ2) is 6.25. The van der Waals surface area contributed by atoms with Gasteiger partial charge in [0, 0.05) is 19.4 Å². The van der Waals surface area contributed by atoms with E-state index >= 15 is 0 Å². The largest absolute Gasteiger partial charge is 0.309 e. The minimum absolute atomic E-state index is 0.0100. The van der Waals surface area contributed by atoms with Crippen LogP contribution in [0.15, 0.2) is 0 Å². The molecule has 4 nitrogen and oxygen atoms in total. The standard InChI is InChI=1S/C16H28N2O2/c1-13-6-4-7-16(10-13)11-14(19)18(15(20)12-16)9-5-8-17(2)3/h13H,4-12H2,1-3H3/t13-/m1/s1. The Morgan fingerprint density at radius 3 is 2.45 bits per heavy atom. The van der Waals surface area contributed by atoms with Crippen molar-refractivity contribution in [3.8, 4) is 0 Å². The number of imide groups is 1. The van der Waals surface area contributed by atoms with Gasteiger partial charge in [0.2, 0.25) is 11.8 Å². The van der Waals surface area contributed by atoms with Gasteiger partial charge in [0.15, 0.2) is 0 Å². The fourth-order valence-corrected chi connectivity index (χ4v) is 3.92. The molecule has 2 amide bonds. The van der Waals surface area contributed by atoms with Crippen molar-refractivity contribution in [2.45, 2.75) is 51.9 Å². The Bertz CT molecular complexity index is 361. The Morgan fingerprint density at radius 1 is 1.25 bits per heavy atom. The minimum Gasteiger partial charge on any atom is -0.309 e. The number of rotatable bonds is 4. The van der Waals surface area contributed by atoms with E-state index < -0.39 is 0 Å². The Labute approximate surface area is 122 Å². The molecule has 114 valence electrons. The fourth-order valence-electron chi connectivity index (χ4n) is 3.92. The first-order chi connectivity index (χ1) is 9.42. The molecule has 2 aliphatic rings. The van der Waals surface area contributed by atoms with E-state index in [2.05, 4.69) is 11.8 Å². The predicted molar refractivity (Wildman–Crippen MR) is 79.2 cm³/mol. The lowest BCUT2D eigenvalue weighted by atomic mass is 9.64. The van der Waals surface area contributed by atoms with Gasteiger partial charge in [-0.1, -0.05) is 19.8 Å². The van der Waals surface area contributed by atoms with E-state index in [4.69, 9.17) is 0 Å². The summed E-state index contributed by atoms with van der Waals surface area (Å²) in [6.45, 7) is 3.75. The number of likely N-dealkylation sites (tertiary alicyclic amines) is 1. The SMILES string of the molecule is C[C@@H]1CCCC2(CC(=O)N(CCCN(C)C)C(=O)C2)C1. The normalized spacial score (nSPS) is 26.6. The molecule has 0 aromatic heterocycles. The first kappa shape index (κ1) is 15.5.